The van der Waals surface area contributed by atoms with E-state index in [2.05, 4.69) is 28.9 Å². The van der Waals surface area contributed by atoms with Crippen molar-refractivity contribution in [3.05, 3.63) is 11.7 Å². The lowest BCUT2D eigenvalue weighted by Gasteiger charge is -2.36. The average molecular weight is 295 g/mol. The third-order valence-electron chi connectivity index (χ3n) is 4.44. The molecule has 0 bridgehead atoms. The van der Waals surface area contributed by atoms with Crippen molar-refractivity contribution < 1.29 is 14.4 Å². The molecule has 1 N–H and O–H groups in total. The summed E-state index contributed by atoms with van der Waals surface area (Å²) in [6.07, 6.45) is 3.03. The van der Waals surface area contributed by atoms with Gasteiger partial charge in [0.15, 0.2) is 5.82 Å². The Labute approximate surface area is 125 Å². The standard InChI is InChI=1S/C15H25N3O3/c1-10(2)5-15-16-14(17-21-15)8-18-3-4-20-13-7-11(9-19)6-12(13)18/h10-13,19H,3-9H2,1-2H3/t11-,12+,13?/m1/s1. The van der Waals surface area contributed by atoms with Crippen LogP contribution in [0.1, 0.15) is 38.4 Å². The van der Waals surface area contributed by atoms with Gasteiger partial charge in [0.1, 0.15) is 0 Å². The number of morpholine rings is 1. The smallest absolute Gasteiger partial charge is 0.226 e. The molecule has 0 aromatic carbocycles. The average Bonchev–Trinajstić information content (AvgIpc) is 3.05. The second-order valence-electron chi connectivity index (χ2n) is 6.67. The molecule has 6 nitrogen and oxygen atoms in total. The first-order chi connectivity index (χ1) is 10.2. The van der Waals surface area contributed by atoms with E-state index in [1.165, 1.54) is 0 Å². The zero-order valence-corrected chi connectivity index (χ0v) is 12.9. The zero-order valence-electron chi connectivity index (χ0n) is 12.9. The van der Waals surface area contributed by atoms with E-state index in [-0.39, 0.29) is 12.7 Å². The Bertz CT molecular complexity index is 463. The van der Waals surface area contributed by atoms with Crippen LogP contribution in [-0.2, 0) is 17.7 Å². The van der Waals surface area contributed by atoms with Crippen molar-refractivity contribution in [3.63, 3.8) is 0 Å². The number of nitrogens with zero attached hydrogens (tertiary/aromatic N) is 3. The zero-order chi connectivity index (χ0) is 14.8. The molecule has 2 fully saturated rings. The van der Waals surface area contributed by atoms with Crippen molar-refractivity contribution >= 4 is 0 Å². The fourth-order valence-corrected chi connectivity index (χ4v) is 3.44. The molecule has 1 aromatic heterocycles. The number of ether oxygens (including phenoxy) is 1. The summed E-state index contributed by atoms with van der Waals surface area (Å²) in [5.74, 6) is 2.37. The number of hydrogen-bond acceptors (Lipinski definition) is 6. The molecule has 2 aliphatic rings. The highest BCUT2D eigenvalue weighted by Crippen LogP contribution is 2.34. The summed E-state index contributed by atoms with van der Waals surface area (Å²) in [5, 5.41) is 13.5. The van der Waals surface area contributed by atoms with Crippen molar-refractivity contribution in [1.29, 1.82) is 0 Å². The van der Waals surface area contributed by atoms with E-state index in [1.54, 1.807) is 0 Å². The maximum Gasteiger partial charge on any atom is 0.226 e. The van der Waals surface area contributed by atoms with Gasteiger partial charge in [-0.3, -0.25) is 4.90 Å². The molecular weight excluding hydrogens is 270 g/mol. The van der Waals surface area contributed by atoms with E-state index >= 15 is 0 Å². The molecule has 1 aliphatic heterocycles. The molecule has 1 aliphatic carbocycles. The second-order valence-corrected chi connectivity index (χ2v) is 6.67. The molecule has 3 rings (SSSR count). The predicted octanol–water partition coefficient (Wildman–Crippen LogP) is 1.24. The fourth-order valence-electron chi connectivity index (χ4n) is 3.44. The first-order valence-electron chi connectivity index (χ1n) is 7.93. The van der Waals surface area contributed by atoms with E-state index < -0.39 is 0 Å². The van der Waals surface area contributed by atoms with Crippen LogP contribution in [0.2, 0.25) is 0 Å². The number of aromatic nitrogens is 2. The lowest BCUT2D eigenvalue weighted by Crippen LogP contribution is -2.48. The maximum atomic E-state index is 9.36. The Kier molecular flexibility index (Phi) is 4.57. The molecule has 3 atom stereocenters. The topological polar surface area (TPSA) is 71.6 Å². The van der Waals surface area contributed by atoms with E-state index in [1.807, 2.05) is 0 Å². The van der Waals surface area contributed by atoms with Crippen molar-refractivity contribution in [2.24, 2.45) is 11.8 Å². The first kappa shape index (κ1) is 14.9. The Morgan fingerprint density at radius 1 is 1.38 bits per heavy atom. The number of aliphatic hydroxyl groups is 1. The molecule has 118 valence electrons. The van der Waals surface area contributed by atoms with E-state index in [9.17, 15) is 5.11 Å². The third-order valence-corrected chi connectivity index (χ3v) is 4.44. The molecular formula is C15H25N3O3. The van der Waals surface area contributed by atoms with Gasteiger partial charge >= 0.3 is 0 Å². The summed E-state index contributed by atoms with van der Waals surface area (Å²) in [4.78, 5) is 6.87. The van der Waals surface area contributed by atoms with E-state index in [4.69, 9.17) is 9.26 Å². The van der Waals surface area contributed by atoms with Crippen molar-refractivity contribution in [1.82, 2.24) is 15.0 Å². The van der Waals surface area contributed by atoms with Crippen molar-refractivity contribution in [2.45, 2.75) is 51.8 Å². The molecule has 2 heterocycles. The Hall–Kier alpha value is -0.980. The van der Waals surface area contributed by atoms with Gasteiger partial charge in [0.05, 0.1) is 19.3 Å². The highest BCUT2D eigenvalue weighted by atomic mass is 16.5. The van der Waals surface area contributed by atoms with Crippen molar-refractivity contribution in [3.8, 4) is 0 Å². The summed E-state index contributed by atoms with van der Waals surface area (Å²) in [7, 11) is 0. The third kappa shape index (κ3) is 3.44. The Morgan fingerprint density at radius 2 is 2.24 bits per heavy atom. The minimum absolute atomic E-state index is 0.248. The van der Waals surface area contributed by atoms with Gasteiger partial charge in [0, 0.05) is 25.6 Å². The second kappa shape index (κ2) is 6.42. The van der Waals surface area contributed by atoms with E-state index in [0.29, 0.717) is 24.4 Å². The van der Waals surface area contributed by atoms with Crippen LogP contribution < -0.4 is 0 Å². The lowest BCUT2D eigenvalue weighted by molar-refractivity contribution is -0.0599. The number of hydrogen-bond donors (Lipinski definition) is 1. The van der Waals surface area contributed by atoms with Crippen LogP contribution >= 0.6 is 0 Å². The number of fused-ring (bicyclic) bond motifs is 1. The van der Waals surface area contributed by atoms with Gasteiger partial charge < -0.3 is 14.4 Å². The molecule has 0 amide bonds. The van der Waals surface area contributed by atoms with Crippen LogP contribution in [0.5, 0.6) is 0 Å². The lowest BCUT2D eigenvalue weighted by atomic mass is 10.1. The molecule has 1 saturated carbocycles. The molecule has 1 saturated heterocycles. The highest BCUT2D eigenvalue weighted by Gasteiger charge is 2.41. The van der Waals surface area contributed by atoms with Crippen LogP contribution in [0.15, 0.2) is 4.52 Å². The van der Waals surface area contributed by atoms with Gasteiger partial charge in [0.25, 0.3) is 0 Å². The Morgan fingerprint density at radius 3 is 3.00 bits per heavy atom. The van der Waals surface area contributed by atoms with Crippen LogP contribution in [0.25, 0.3) is 0 Å². The highest BCUT2D eigenvalue weighted by molar-refractivity contribution is 4.96. The van der Waals surface area contributed by atoms with Gasteiger partial charge in [0.2, 0.25) is 5.89 Å². The summed E-state index contributed by atoms with van der Waals surface area (Å²) in [6.45, 7) is 6.90. The summed E-state index contributed by atoms with van der Waals surface area (Å²) in [5.41, 5.74) is 0. The molecule has 21 heavy (non-hydrogen) atoms. The molecule has 0 radical (unpaired) electrons. The normalized spacial score (nSPS) is 30.0. The van der Waals surface area contributed by atoms with E-state index in [0.717, 1.165) is 44.1 Å². The largest absolute Gasteiger partial charge is 0.396 e. The van der Waals surface area contributed by atoms with Gasteiger partial charge in [-0.1, -0.05) is 19.0 Å². The summed E-state index contributed by atoms with van der Waals surface area (Å²) >= 11 is 0. The van der Waals surface area contributed by atoms with Crippen LogP contribution in [0.4, 0.5) is 0 Å². The SMILES string of the molecule is CC(C)Cc1nc(CN2CCOC3C[C@H](CO)C[C@@H]32)no1. The Balaban J connectivity index is 1.62. The quantitative estimate of drug-likeness (QED) is 0.881. The summed E-state index contributed by atoms with van der Waals surface area (Å²) in [6, 6.07) is 0.378. The van der Waals surface area contributed by atoms with Crippen molar-refractivity contribution in [2.75, 3.05) is 19.8 Å². The van der Waals surface area contributed by atoms with Crippen LogP contribution in [0.3, 0.4) is 0 Å². The van der Waals surface area contributed by atoms with Gasteiger partial charge in [-0.05, 0) is 24.7 Å². The summed E-state index contributed by atoms with van der Waals surface area (Å²) < 4.78 is 11.2. The molecule has 0 spiro atoms. The minimum atomic E-state index is 0.248. The van der Waals surface area contributed by atoms with Gasteiger partial charge in [-0.25, -0.2) is 0 Å². The fraction of sp³-hybridized carbons (Fsp3) is 0.867. The van der Waals surface area contributed by atoms with Crippen LogP contribution in [0, 0.1) is 11.8 Å². The van der Waals surface area contributed by atoms with Gasteiger partial charge in [-0.2, -0.15) is 4.98 Å². The molecule has 6 heteroatoms. The first-order valence-corrected chi connectivity index (χ1v) is 7.93. The predicted molar refractivity (Wildman–Crippen MR) is 76.6 cm³/mol. The number of aliphatic hydroxyl groups excluding tert-OH is 1. The molecule has 1 unspecified atom stereocenters. The monoisotopic (exact) mass is 295 g/mol. The molecule has 1 aromatic rings. The van der Waals surface area contributed by atoms with Gasteiger partial charge in [-0.15, -0.1) is 0 Å². The maximum absolute atomic E-state index is 9.36. The minimum Gasteiger partial charge on any atom is -0.396 e. The van der Waals surface area contributed by atoms with Crippen LogP contribution in [-0.4, -0.2) is 52.1 Å². The number of rotatable bonds is 5.